The molecule has 4 atom stereocenters. The normalized spacial score (nSPS) is 27.8. The van der Waals surface area contributed by atoms with Crippen molar-refractivity contribution in [2.24, 2.45) is 11.7 Å². The fourth-order valence-corrected chi connectivity index (χ4v) is 3.88. The molecule has 0 saturated heterocycles. The lowest BCUT2D eigenvalue weighted by Crippen LogP contribution is -2.11. The number of hydrogen-bond donors (Lipinski definition) is 1. The standard InChI is InChI=1S/C17H21N3O/c1-2-5-13(18)16-19-17(21-20-16)15-12-9-8-10-6-3-4-7-11(10)14(12)15/h3-4,6-7,12-15H,2,5,8-9,18H2,1H3. The molecule has 4 rings (SSSR count). The Balaban J connectivity index is 1.57. The quantitative estimate of drug-likeness (QED) is 0.935. The van der Waals surface area contributed by atoms with Crippen LogP contribution in [0.15, 0.2) is 28.8 Å². The van der Waals surface area contributed by atoms with Crippen LogP contribution in [0.1, 0.15) is 66.9 Å². The first-order valence-corrected chi connectivity index (χ1v) is 7.96. The molecule has 1 saturated carbocycles. The Morgan fingerprint density at radius 2 is 2.19 bits per heavy atom. The highest BCUT2D eigenvalue weighted by Gasteiger charge is 2.56. The van der Waals surface area contributed by atoms with Crippen molar-refractivity contribution in [1.82, 2.24) is 10.1 Å². The molecule has 0 aliphatic heterocycles. The van der Waals surface area contributed by atoms with Crippen molar-refractivity contribution < 1.29 is 4.52 Å². The Morgan fingerprint density at radius 3 is 3.05 bits per heavy atom. The summed E-state index contributed by atoms with van der Waals surface area (Å²) < 4.78 is 5.52. The van der Waals surface area contributed by atoms with E-state index in [1.54, 1.807) is 0 Å². The summed E-state index contributed by atoms with van der Waals surface area (Å²) in [7, 11) is 0. The highest BCUT2D eigenvalue weighted by Crippen LogP contribution is 2.64. The number of nitrogens with zero attached hydrogens (tertiary/aromatic N) is 2. The van der Waals surface area contributed by atoms with Crippen molar-refractivity contribution in [2.45, 2.75) is 50.5 Å². The molecule has 4 heteroatoms. The van der Waals surface area contributed by atoms with E-state index in [0.29, 0.717) is 23.6 Å². The van der Waals surface area contributed by atoms with Crippen LogP contribution in [0.25, 0.3) is 0 Å². The summed E-state index contributed by atoms with van der Waals surface area (Å²) in [5, 5.41) is 4.10. The van der Waals surface area contributed by atoms with E-state index in [2.05, 4.69) is 41.3 Å². The molecule has 0 spiro atoms. The van der Waals surface area contributed by atoms with Crippen LogP contribution in [0.3, 0.4) is 0 Å². The maximum absolute atomic E-state index is 6.08. The fraction of sp³-hybridized carbons (Fsp3) is 0.529. The van der Waals surface area contributed by atoms with E-state index in [1.165, 1.54) is 24.0 Å². The molecule has 4 unspecified atom stereocenters. The molecule has 110 valence electrons. The van der Waals surface area contributed by atoms with Gasteiger partial charge in [0.05, 0.1) is 6.04 Å². The Morgan fingerprint density at radius 1 is 1.33 bits per heavy atom. The SMILES string of the molecule is CCCC(N)c1noc(C2C3CCc4ccccc4C32)n1. The van der Waals surface area contributed by atoms with Gasteiger partial charge in [-0.3, -0.25) is 0 Å². The van der Waals surface area contributed by atoms with Crippen molar-refractivity contribution in [3.63, 3.8) is 0 Å². The topological polar surface area (TPSA) is 64.9 Å². The average Bonchev–Trinajstić information content (AvgIpc) is 3.05. The van der Waals surface area contributed by atoms with E-state index in [9.17, 15) is 0 Å². The van der Waals surface area contributed by atoms with Crippen LogP contribution in [0.2, 0.25) is 0 Å². The second kappa shape index (κ2) is 4.95. The molecule has 2 aromatic rings. The number of rotatable bonds is 4. The smallest absolute Gasteiger partial charge is 0.230 e. The number of benzene rings is 1. The summed E-state index contributed by atoms with van der Waals surface area (Å²) in [4.78, 5) is 4.59. The molecule has 21 heavy (non-hydrogen) atoms. The van der Waals surface area contributed by atoms with Gasteiger partial charge in [-0.15, -0.1) is 0 Å². The first-order chi connectivity index (χ1) is 10.3. The predicted molar refractivity (Wildman–Crippen MR) is 79.9 cm³/mol. The molecule has 1 aromatic heterocycles. The number of nitrogens with two attached hydrogens (primary N) is 1. The van der Waals surface area contributed by atoms with E-state index >= 15 is 0 Å². The number of fused-ring (bicyclic) bond motifs is 3. The maximum atomic E-state index is 6.08. The first-order valence-electron chi connectivity index (χ1n) is 7.96. The Kier molecular flexibility index (Phi) is 3.07. The molecule has 1 heterocycles. The lowest BCUT2D eigenvalue weighted by atomic mass is 9.92. The lowest BCUT2D eigenvalue weighted by Gasteiger charge is -2.13. The third-order valence-electron chi connectivity index (χ3n) is 5.00. The van der Waals surface area contributed by atoms with Gasteiger partial charge in [-0.2, -0.15) is 4.98 Å². The van der Waals surface area contributed by atoms with Crippen molar-refractivity contribution >= 4 is 0 Å². The third kappa shape index (κ3) is 2.09. The van der Waals surface area contributed by atoms with E-state index < -0.39 is 0 Å². The van der Waals surface area contributed by atoms with Crippen LogP contribution in [0, 0.1) is 5.92 Å². The summed E-state index contributed by atoms with van der Waals surface area (Å²) in [6, 6.07) is 8.67. The zero-order valence-electron chi connectivity index (χ0n) is 12.3. The molecule has 2 aliphatic carbocycles. The second-order valence-corrected chi connectivity index (χ2v) is 6.34. The second-order valence-electron chi connectivity index (χ2n) is 6.34. The predicted octanol–water partition coefficient (Wildman–Crippen LogP) is 3.31. The molecular weight excluding hydrogens is 262 g/mol. The van der Waals surface area contributed by atoms with Gasteiger partial charge in [-0.05, 0) is 42.2 Å². The molecule has 1 fully saturated rings. The van der Waals surface area contributed by atoms with Crippen LogP contribution in [-0.4, -0.2) is 10.1 Å². The number of aromatic nitrogens is 2. The zero-order chi connectivity index (χ0) is 14.4. The molecular formula is C17H21N3O. The van der Waals surface area contributed by atoms with Crippen LogP contribution in [-0.2, 0) is 6.42 Å². The minimum Gasteiger partial charge on any atom is -0.339 e. The molecule has 1 aromatic carbocycles. The van der Waals surface area contributed by atoms with Crippen molar-refractivity contribution in [3.05, 3.63) is 47.1 Å². The van der Waals surface area contributed by atoms with Crippen molar-refractivity contribution in [3.8, 4) is 0 Å². The molecule has 2 N–H and O–H groups in total. The summed E-state index contributed by atoms with van der Waals surface area (Å²) in [5.74, 6) is 3.12. The van der Waals surface area contributed by atoms with E-state index in [-0.39, 0.29) is 6.04 Å². The highest BCUT2D eigenvalue weighted by atomic mass is 16.5. The van der Waals surface area contributed by atoms with Crippen LogP contribution in [0.5, 0.6) is 0 Å². The van der Waals surface area contributed by atoms with Gasteiger partial charge < -0.3 is 10.3 Å². The molecule has 0 bridgehead atoms. The summed E-state index contributed by atoms with van der Waals surface area (Å²) in [5.41, 5.74) is 9.05. The zero-order valence-corrected chi connectivity index (χ0v) is 12.3. The van der Waals surface area contributed by atoms with Gasteiger partial charge in [0, 0.05) is 5.92 Å². The van der Waals surface area contributed by atoms with Crippen LogP contribution >= 0.6 is 0 Å². The minimum atomic E-state index is -0.0967. The maximum Gasteiger partial charge on any atom is 0.230 e. The number of aryl methyl sites for hydroxylation is 1. The van der Waals surface area contributed by atoms with Gasteiger partial charge in [0.25, 0.3) is 0 Å². The Bertz CT molecular complexity index is 651. The average molecular weight is 283 g/mol. The van der Waals surface area contributed by atoms with Gasteiger partial charge in [0.15, 0.2) is 5.82 Å². The third-order valence-corrected chi connectivity index (χ3v) is 5.00. The molecule has 0 radical (unpaired) electrons. The monoisotopic (exact) mass is 283 g/mol. The molecule has 2 aliphatic rings. The fourth-order valence-electron chi connectivity index (χ4n) is 3.88. The largest absolute Gasteiger partial charge is 0.339 e. The Hall–Kier alpha value is -1.68. The summed E-state index contributed by atoms with van der Waals surface area (Å²) in [6.45, 7) is 2.12. The van der Waals surface area contributed by atoms with Crippen molar-refractivity contribution in [1.29, 1.82) is 0 Å². The summed E-state index contributed by atoms with van der Waals surface area (Å²) in [6.07, 6.45) is 4.34. The van der Waals surface area contributed by atoms with E-state index in [1.807, 2.05) is 0 Å². The number of hydrogen-bond acceptors (Lipinski definition) is 4. The molecule has 0 amide bonds. The van der Waals surface area contributed by atoms with Crippen LogP contribution in [0.4, 0.5) is 0 Å². The van der Waals surface area contributed by atoms with Gasteiger partial charge in [0.1, 0.15) is 0 Å². The van der Waals surface area contributed by atoms with Crippen molar-refractivity contribution in [2.75, 3.05) is 0 Å². The Labute approximate surface area is 124 Å². The van der Waals surface area contributed by atoms with Gasteiger partial charge in [0.2, 0.25) is 5.89 Å². The molecule has 4 nitrogen and oxygen atoms in total. The summed E-state index contributed by atoms with van der Waals surface area (Å²) >= 11 is 0. The van der Waals surface area contributed by atoms with E-state index in [4.69, 9.17) is 10.3 Å². The highest BCUT2D eigenvalue weighted by molar-refractivity contribution is 5.42. The van der Waals surface area contributed by atoms with E-state index in [0.717, 1.165) is 18.7 Å². The van der Waals surface area contributed by atoms with Gasteiger partial charge in [-0.1, -0.05) is 42.8 Å². The van der Waals surface area contributed by atoms with Gasteiger partial charge in [-0.25, -0.2) is 0 Å². The lowest BCUT2D eigenvalue weighted by molar-refractivity contribution is 0.364. The first kappa shape index (κ1) is 13.0. The van der Waals surface area contributed by atoms with Gasteiger partial charge >= 0.3 is 0 Å². The minimum absolute atomic E-state index is 0.0967. The van der Waals surface area contributed by atoms with Crippen LogP contribution < -0.4 is 5.73 Å².